The van der Waals surface area contributed by atoms with Crippen molar-refractivity contribution in [2.45, 2.75) is 33.4 Å². The molecule has 5 heteroatoms. The van der Waals surface area contributed by atoms with Crippen molar-refractivity contribution in [1.82, 2.24) is 10.3 Å². The standard InChI is InChI=1S/C15H19N3OS/c1-9-4-10(2)6-12(5-9)11(3)17-15(19)13-8-20-14(7-16)18-13/h4-6,8,11H,7,16H2,1-3H3,(H,17,19). The van der Waals surface area contributed by atoms with Gasteiger partial charge in [-0.2, -0.15) is 0 Å². The SMILES string of the molecule is Cc1cc(C)cc(C(C)NC(=O)c2csc(CN)n2)c1. The third kappa shape index (κ3) is 3.43. The number of hydrogen-bond acceptors (Lipinski definition) is 4. The summed E-state index contributed by atoms with van der Waals surface area (Å²) in [4.78, 5) is 16.3. The van der Waals surface area contributed by atoms with Gasteiger partial charge in [0.15, 0.2) is 0 Å². The summed E-state index contributed by atoms with van der Waals surface area (Å²) in [6.45, 7) is 6.45. The summed E-state index contributed by atoms with van der Waals surface area (Å²) in [5.74, 6) is -0.160. The maximum Gasteiger partial charge on any atom is 0.271 e. The summed E-state index contributed by atoms with van der Waals surface area (Å²) in [6.07, 6.45) is 0. The van der Waals surface area contributed by atoms with Crippen LogP contribution in [0.4, 0.5) is 0 Å². The highest BCUT2D eigenvalue weighted by Crippen LogP contribution is 2.17. The van der Waals surface area contributed by atoms with Crippen molar-refractivity contribution in [2.24, 2.45) is 5.73 Å². The molecule has 4 nitrogen and oxygen atoms in total. The zero-order chi connectivity index (χ0) is 14.7. The number of aromatic nitrogens is 1. The van der Waals surface area contributed by atoms with E-state index in [4.69, 9.17) is 5.73 Å². The van der Waals surface area contributed by atoms with Crippen molar-refractivity contribution in [3.63, 3.8) is 0 Å². The molecule has 0 fully saturated rings. The number of nitrogens with zero attached hydrogens (tertiary/aromatic N) is 1. The Hall–Kier alpha value is -1.72. The van der Waals surface area contributed by atoms with E-state index in [1.807, 2.05) is 6.92 Å². The lowest BCUT2D eigenvalue weighted by molar-refractivity contribution is 0.0935. The van der Waals surface area contributed by atoms with E-state index in [1.54, 1.807) is 5.38 Å². The fourth-order valence-electron chi connectivity index (χ4n) is 2.12. The number of nitrogens with two attached hydrogens (primary N) is 1. The van der Waals surface area contributed by atoms with Gasteiger partial charge in [-0.3, -0.25) is 4.79 Å². The molecule has 106 valence electrons. The minimum Gasteiger partial charge on any atom is -0.344 e. The number of benzene rings is 1. The number of hydrogen-bond donors (Lipinski definition) is 2. The van der Waals surface area contributed by atoms with Crippen LogP contribution in [0.15, 0.2) is 23.6 Å². The molecule has 0 aliphatic rings. The summed E-state index contributed by atoms with van der Waals surface area (Å²) in [5.41, 5.74) is 9.43. The van der Waals surface area contributed by atoms with Gasteiger partial charge in [0.05, 0.1) is 6.04 Å². The number of carbonyl (C=O) groups is 1. The first-order chi connectivity index (χ1) is 9.49. The molecule has 1 unspecified atom stereocenters. The number of rotatable bonds is 4. The highest BCUT2D eigenvalue weighted by molar-refractivity contribution is 7.09. The Balaban J connectivity index is 2.10. The molecule has 1 atom stereocenters. The maximum absolute atomic E-state index is 12.1. The number of aryl methyl sites for hydroxylation is 2. The number of amides is 1. The maximum atomic E-state index is 12.1. The minimum absolute atomic E-state index is 0.0517. The van der Waals surface area contributed by atoms with E-state index in [9.17, 15) is 4.79 Å². The molecule has 3 N–H and O–H groups in total. The van der Waals surface area contributed by atoms with Crippen LogP contribution in [0.1, 0.15) is 45.2 Å². The third-order valence-electron chi connectivity index (χ3n) is 3.05. The smallest absolute Gasteiger partial charge is 0.271 e. The number of nitrogens with one attached hydrogen (secondary N) is 1. The topological polar surface area (TPSA) is 68.0 Å². The Labute approximate surface area is 123 Å². The van der Waals surface area contributed by atoms with E-state index >= 15 is 0 Å². The Bertz CT molecular complexity index is 601. The predicted molar refractivity (Wildman–Crippen MR) is 81.8 cm³/mol. The van der Waals surface area contributed by atoms with E-state index in [0.29, 0.717) is 12.2 Å². The second kappa shape index (κ2) is 6.15. The van der Waals surface area contributed by atoms with Gasteiger partial charge in [-0.1, -0.05) is 29.3 Å². The van der Waals surface area contributed by atoms with Gasteiger partial charge in [-0.05, 0) is 26.3 Å². The summed E-state index contributed by atoms with van der Waals surface area (Å²) in [5, 5.41) is 5.48. The zero-order valence-electron chi connectivity index (χ0n) is 11.9. The summed E-state index contributed by atoms with van der Waals surface area (Å²) in [6, 6.07) is 6.24. The lowest BCUT2D eigenvalue weighted by Gasteiger charge is -2.15. The van der Waals surface area contributed by atoms with Crippen molar-refractivity contribution < 1.29 is 4.79 Å². The fourth-order valence-corrected chi connectivity index (χ4v) is 2.78. The van der Waals surface area contributed by atoms with Gasteiger partial charge in [-0.25, -0.2) is 4.98 Å². The van der Waals surface area contributed by atoms with Gasteiger partial charge in [0, 0.05) is 11.9 Å². The van der Waals surface area contributed by atoms with Gasteiger partial charge in [-0.15, -0.1) is 11.3 Å². The molecule has 0 aliphatic heterocycles. The first-order valence-electron chi connectivity index (χ1n) is 6.53. The fraction of sp³-hybridized carbons (Fsp3) is 0.333. The van der Waals surface area contributed by atoms with Crippen LogP contribution in [0.3, 0.4) is 0 Å². The average molecular weight is 289 g/mol. The molecule has 1 aromatic heterocycles. The van der Waals surface area contributed by atoms with Crippen LogP contribution in [-0.4, -0.2) is 10.9 Å². The Kier molecular flexibility index (Phi) is 4.52. The van der Waals surface area contributed by atoms with Crippen LogP contribution >= 0.6 is 11.3 Å². The van der Waals surface area contributed by atoms with E-state index in [0.717, 1.165) is 10.6 Å². The van der Waals surface area contributed by atoms with E-state index in [1.165, 1.54) is 22.5 Å². The molecule has 1 amide bonds. The molecule has 1 aromatic carbocycles. The molecule has 2 aromatic rings. The normalized spacial score (nSPS) is 12.2. The second-order valence-electron chi connectivity index (χ2n) is 4.95. The van der Waals surface area contributed by atoms with Gasteiger partial charge < -0.3 is 11.1 Å². The second-order valence-corrected chi connectivity index (χ2v) is 5.89. The first kappa shape index (κ1) is 14.7. The lowest BCUT2D eigenvalue weighted by atomic mass is 10.0. The summed E-state index contributed by atoms with van der Waals surface area (Å²) < 4.78 is 0. The molecular formula is C15H19N3OS. The van der Waals surface area contributed by atoms with E-state index in [2.05, 4.69) is 42.3 Å². The van der Waals surface area contributed by atoms with Crippen molar-refractivity contribution >= 4 is 17.2 Å². The molecule has 0 aliphatic carbocycles. The largest absolute Gasteiger partial charge is 0.344 e. The average Bonchev–Trinajstić information content (AvgIpc) is 2.86. The molecule has 0 bridgehead atoms. The van der Waals surface area contributed by atoms with Gasteiger partial charge in [0.1, 0.15) is 10.7 Å². The molecule has 2 rings (SSSR count). The number of carbonyl (C=O) groups excluding carboxylic acids is 1. The quantitative estimate of drug-likeness (QED) is 0.909. The molecule has 0 radical (unpaired) electrons. The lowest BCUT2D eigenvalue weighted by Crippen LogP contribution is -2.27. The van der Waals surface area contributed by atoms with Crippen LogP contribution < -0.4 is 11.1 Å². The van der Waals surface area contributed by atoms with Gasteiger partial charge in [0.25, 0.3) is 5.91 Å². The molecule has 1 heterocycles. The van der Waals surface area contributed by atoms with Crippen molar-refractivity contribution in [1.29, 1.82) is 0 Å². The Morgan fingerprint density at radius 3 is 2.55 bits per heavy atom. The van der Waals surface area contributed by atoms with Crippen LogP contribution in [0.2, 0.25) is 0 Å². The van der Waals surface area contributed by atoms with E-state index in [-0.39, 0.29) is 11.9 Å². The molecule has 0 saturated heterocycles. The Morgan fingerprint density at radius 1 is 1.35 bits per heavy atom. The highest BCUT2D eigenvalue weighted by atomic mass is 32.1. The van der Waals surface area contributed by atoms with Crippen LogP contribution in [0.25, 0.3) is 0 Å². The highest BCUT2D eigenvalue weighted by Gasteiger charge is 2.14. The Morgan fingerprint density at radius 2 is 2.00 bits per heavy atom. The first-order valence-corrected chi connectivity index (χ1v) is 7.41. The van der Waals surface area contributed by atoms with Gasteiger partial charge in [0.2, 0.25) is 0 Å². The third-order valence-corrected chi connectivity index (χ3v) is 3.92. The number of thiazole rings is 1. The van der Waals surface area contributed by atoms with E-state index < -0.39 is 0 Å². The molecule has 20 heavy (non-hydrogen) atoms. The van der Waals surface area contributed by atoms with Crippen molar-refractivity contribution in [3.8, 4) is 0 Å². The van der Waals surface area contributed by atoms with Gasteiger partial charge >= 0.3 is 0 Å². The van der Waals surface area contributed by atoms with Crippen molar-refractivity contribution in [3.05, 3.63) is 51.0 Å². The zero-order valence-corrected chi connectivity index (χ0v) is 12.8. The van der Waals surface area contributed by atoms with Crippen LogP contribution in [-0.2, 0) is 6.54 Å². The monoisotopic (exact) mass is 289 g/mol. The molecular weight excluding hydrogens is 270 g/mol. The minimum atomic E-state index is -0.160. The van der Waals surface area contributed by atoms with Crippen molar-refractivity contribution in [2.75, 3.05) is 0 Å². The van der Waals surface area contributed by atoms with Crippen LogP contribution in [0, 0.1) is 13.8 Å². The van der Waals surface area contributed by atoms with Crippen LogP contribution in [0.5, 0.6) is 0 Å². The molecule has 0 spiro atoms. The summed E-state index contributed by atoms with van der Waals surface area (Å²) in [7, 11) is 0. The summed E-state index contributed by atoms with van der Waals surface area (Å²) >= 11 is 1.41. The molecule has 0 saturated carbocycles. The predicted octanol–water partition coefficient (Wildman–Crippen LogP) is 2.71.